The number of benzene rings is 1. The van der Waals surface area contributed by atoms with Crippen molar-refractivity contribution in [3.63, 3.8) is 0 Å². The minimum absolute atomic E-state index is 0.167. The highest BCUT2D eigenvalue weighted by Gasteiger charge is 2.32. The molecule has 1 fully saturated rings. The minimum Gasteiger partial charge on any atom is -0.294 e. The van der Waals surface area contributed by atoms with Crippen molar-refractivity contribution in [3.8, 4) is 6.07 Å². The number of nitriles is 1. The fraction of sp³-hybridized carbons (Fsp3) is 0.357. The van der Waals surface area contributed by atoms with Gasteiger partial charge in [-0.2, -0.15) is 5.26 Å². The van der Waals surface area contributed by atoms with E-state index in [-0.39, 0.29) is 24.4 Å². The summed E-state index contributed by atoms with van der Waals surface area (Å²) in [6, 6.07) is 6.70. The van der Waals surface area contributed by atoms with Crippen LogP contribution in [-0.2, 0) is 16.1 Å². The molecule has 0 spiro atoms. The van der Waals surface area contributed by atoms with E-state index in [1.807, 2.05) is 13.0 Å². The maximum Gasteiger partial charge on any atom is 0.243 e. The third-order valence-corrected chi connectivity index (χ3v) is 3.65. The van der Waals surface area contributed by atoms with Gasteiger partial charge in [-0.15, -0.1) is 0 Å². The van der Waals surface area contributed by atoms with Crippen molar-refractivity contribution in [2.24, 2.45) is 0 Å². The molecule has 1 saturated heterocycles. The Kier molecular flexibility index (Phi) is 4.38. The van der Waals surface area contributed by atoms with Crippen LogP contribution in [-0.4, -0.2) is 29.3 Å². The maximum atomic E-state index is 11.8. The van der Waals surface area contributed by atoms with Crippen molar-refractivity contribution in [3.05, 3.63) is 34.3 Å². The third-order valence-electron chi connectivity index (χ3n) is 3.30. The zero-order valence-corrected chi connectivity index (χ0v) is 11.8. The quantitative estimate of drug-likeness (QED) is 0.856. The number of nitrogens with one attached hydrogen (secondary N) is 1. The SMILES string of the molecule is CCC1C(=O)NC(=O)CN1Cc1ccc(C#N)cc1Cl. The summed E-state index contributed by atoms with van der Waals surface area (Å²) >= 11 is 6.13. The summed E-state index contributed by atoms with van der Waals surface area (Å²) in [5.41, 5.74) is 1.28. The number of piperazine rings is 1. The van der Waals surface area contributed by atoms with Crippen LogP contribution in [0.2, 0.25) is 5.02 Å². The highest BCUT2D eigenvalue weighted by molar-refractivity contribution is 6.31. The van der Waals surface area contributed by atoms with Crippen LogP contribution in [0, 0.1) is 11.3 Å². The summed E-state index contributed by atoms with van der Waals surface area (Å²) in [6.07, 6.45) is 0.618. The number of amides is 2. The average Bonchev–Trinajstić information content (AvgIpc) is 2.40. The second kappa shape index (κ2) is 6.04. The standard InChI is InChI=1S/C14H14ClN3O2/c1-2-12-14(20)17-13(19)8-18(12)7-10-4-3-9(6-16)5-11(10)15/h3-5,12H,2,7-8H2,1H3,(H,17,19,20). The lowest BCUT2D eigenvalue weighted by atomic mass is 10.1. The van der Waals surface area contributed by atoms with Gasteiger partial charge in [0.1, 0.15) is 0 Å². The minimum atomic E-state index is -0.334. The molecule has 0 aliphatic carbocycles. The number of halogens is 1. The molecule has 1 aliphatic heterocycles. The van der Waals surface area contributed by atoms with Crippen LogP contribution >= 0.6 is 11.6 Å². The van der Waals surface area contributed by atoms with Gasteiger partial charge in [0, 0.05) is 11.6 Å². The van der Waals surface area contributed by atoms with Crippen LogP contribution in [0.1, 0.15) is 24.5 Å². The van der Waals surface area contributed by atoms with Crippen molar-refractivity contribution >= 4 is 23.4 Å². The molecule has 1 aliphatic rings. The summed E-state index contributed by atoms with van der Waals surface area (Å²) in [7, 11) is 0. The van der Waals surface area contributed by atoms with Crippen molar-refractivity contribution in [1.29, 1.82) is 5.26 Å². The van der Waals surface area contributed by atoms with Crippen LogP contribution in [0.15, 0.2) is 18.2 Å². The van der Waals surface area contributed by atoms with Crippen LogP contribution in [0.3, 0.4) is 0 Å². The molecule has 2 amide bonds. The Morgan fingerprint density at radius 3 is 2.85 bits per heavy atom. The van der Waals surface area contributed by atoms with E-state index in [1.54, 1.807) is 23.1 Å². The molecule has 1 heterocycles. The van der Waals surface area contributed by atoms with Crippen molar-refractivity contribution in [2.75, 3.05) is 6.54 Å². The Morgan fingerprint density at radius 1 is 1.50 bits per heavy atom. The Balaban J connectivity index is 2.21. The Labute approximate surface area is 122 Å². The average molecular weight is 292 g/mol. The first-order valence-corrected chi connectivity index (χ1v) is 6.69. The van der Waals surface area contributed by atoms with Crippen molar-refractivity contribution in [2.45, 2.75) is 25.9 Å². The molecule has 0 aromatic heterocycles. The topological polar surface area (TPSA) is 73.2 Å². The van der Waals surface area contributed by atoms with E-state index >= 15 is 0 Å². The molecule has 0 radical (unpaired) electrons. The van der Waals surface area contributed by atoms with Gasteiger partial charge < -0.3 is 0 Å². The van der Waals surface area contributed by atoms with Gasteiger partial charge in [0.25, 0.3) is 0 Å². The number of hydrogen-bond acceptors (Lipinski definition) is 4. The predicted molar refractivity (Wildman–Crippen MR) is 73.8 cm³/mol. The van der Waals surface area contributed by atoms with E-state index in [9.17, 15) is 9.59 Å². The number of imide groups is 1. The summed E-state index contributed by atoms with van der Waals surface area (Å²) in [4.78, 5) is 25.0. The van der Waals surface area contributed by atoms with Crippen molar-refractivity contribution < 1.29 is 9.59 Å². The van der Waals surface area contributed by atoms with E-state index in [4.69, 9.17) is 16.9 Å². The summed E-state index contributed by atoms with van der Waals surface area (Å²) < 4.78 is 0. The van der Waals surface area contributed by atoms with Gasteiger partial charge in [0.2, 0.25) is 11.8 Å². The molecule has 1 atom stereocenters. The summed E-state index contributed by atoms with van der Waals surface area (Å²) in [5, 5.41) is 11.6. The molecule has 5 nitrogen and oxygen atoms in total. The van der Waals surface area contributed by atoms with Crippen LogP contribution in [0.5, 0.6) is 0 Å². The zero-order chi connectivity index (χ0) is 14.7. The van der Waals surface area contributed by atoms with Gasteiger partial charge in [-0.05, 0) is 24.1 Å². The lowest BCUT2D eigenvalue weighted by molar-refractivity contribution is -0.140. The van der Waals surface area contributed by atoms with Gasteiger partial charge in [0.05, 0.1) is 24.2 Å². The Hall–Kier alpha value is -1.90. The molecular formula is C14H14ClN3O2. The molecule has 0 saturated carbocycles. The first-order valence-electron chi connectivity index (χ1n) is 6.31. The second-order valence-corrected chi connectivity index (χ2v) is 5.07. The first-order chi connectivity index (χ1) is 9.55. The van der Waals surface area contributed by atoms with Crippen LogP contribution in [0.25, 0.3) is 0 Å². The molecule has 1 aromatic rings. The van der Waals surface area contributed by atoms with E-state index in [1.165, 1.54) is 0 Å². The fourth-order valence-corrected chi connectivity index (χ4v) is 2.53. The maximum absolute atomic E-state index is 11.8. The molecule has 2 rings (SSSR count). The van der Waals surface area contributed by atoms with E-state index in [0.717, 1.165) is 5.56 Å². The smallest absolute Gasteiger partial charge is 0.243 e. The first kappa shape index (κ1) is 14.5. The van der Waals surface area contributed by atoms with Gasteiger partial charge in [0.15, 0.2) is 0 Å². The van der Waals surface area contributed by atoms with Gasteiger partial charge in [-0.3, -0.25) is 19.8 Å². The van der Waals surface area contributed by atoms with Crippen LogP contribution < -0.4 is 5.32 Å². The second-order valence-electron chi connectivity index (χ2n) is 4.66. The van der Waals surface area contributed by atoms with E-state index < -0.39 is 0 Å². The lowest BCUT2D eigenvalue weighted by Crippen LogP contribution is -2.57. The number of nitrogens with zero attached hydrogens (tertiary/aromatic N) is 2. The number of carbonyl (C=O) groups is 2. The molecule has 1 N–H and O–H groups in total. The molecule has 1 unspecified atom stereocenters. The molecule has 0 bridgehead atoms. The van der Waals surface area contributed by atoms with E-state index in [0.29, 0.717) is 23.6 Å². The monoisotopic (exact) mass is 291 g/mol. The molecule has 104 valence electrons. The molecule has 1 aromatic carbocycles. The molecule has 6 heteroatoms. The largest absolute Gasteiger partial charge is 0.294 e. The van der Waals surface area contributed by atoms with Gasteiger partial charge in [-0.25, -0.2) is 0 Å². The van der Waals surface area contributed by atoms with Crippen LogP contribution in [0.4, 0.5) is 0 Å². The number of rotatable bonds is 3. The summed E-state index contributed by atoms with van der Waals surface area (Å²) in [5.74, 6) is -0.571. The third kappa shape index (κ3) is 2.98. The molecule has 20 heavy (non-hydrogen) atoms. The molecular weight excluding hydrogens is 278 g/mol. The van der Waals surface area contributed by atoms with Gasteiger partial charge in [-0.1, -0.05) is 24.6 Å². The Morgan fingerprint density at radius 2 is 2.25 bits per heavy atom. The highest BCUT2D eigenvalue weighted by Crippen LogP contribution is 2.21. The predicted octanol–water partition coefficient (Wildman–Crippen LogP) is 1.45. The van der Waals surface area contributed by atoms with E-state index in [2.05, 4.69) is 5.32 Å². The zero-order valence-electron chi connectivity index (χ0n) is 11.0. The normalized spacial score (nSPS) is 19.6. The van der Waals surface area contributed by atoms with Crippen molar-refractivity contribution in [1.82, 2.24) is 10.2 Å². The Bertz CT molecular complexity index is 595. The summed E-state index contributed by atoms with van der Waals surface area (Å²) in [6.45, 7) is 2.47. The highest BCUT2D eigenvalue weighted by atomic mass is 35.5. The van der Waals surface area contributed by atoms with Gasteiger partial charge >= 0.3 is 0 Å². The fourth-order valence-electron chi connectivity index (χ4n) is 2.29. The number of hydrogen-bond donors (Lipinski definition) is 1. The number of carbonyl (C=O) groups excluding carboxylic acids is 2. The lowest BCUT2D eigenvalue weighted by Gasteiger charge is -2.33.